The summed E-state index contributed by atoms with van der Waals surface area (Å²) in [4.78, 5) is 20.9. The molecule has 0 radical (unpaired) electrons. The molecule has 0 rings (SSSR count). The molecule has 0 spiro atoms. The number of hydrogen-bond acceptors (Lipinski definition) is 4. The molecular weight excluding hydrogens is 673 g/mol. The Hall–Kier alpha value is -1.82. The van der Waals surface area contributed by atoms with Crippen molar-refractivity contribution >= 4 is 11.9 Å². The summed E-state index contributed by atoms with van der Waals surface area (Å²) >= 11 is 0. The number of unbranched alkanes of at least 4 members (excludes halogenated alkanes) is 35. The van der Waals surface area contributed by atoms with Gasteiger partial charge < -0.3 is 20.4 Å². The number of rotatable bonds is 42. The predicted octanol–water partition coefficient (Wildman–Crippen LogP) is 15.8. The first-order valence-corrected chi connectivity index (χ1v) is 23.5. The smallest absolute Gasteiger partial charge is 0.370 e. The molecule has 0 aliphatic carbocycles. The highest BCUT2D eigenvalue weighted by atomic mass is 16.4. The van der Waals surface area contributed by atoms with Crippen LogP contribution in [0.25, 0.3) is 0 Å². The van der Waals surface area contributed by atoms with Crippen LogP contribution in [0.5, 0.6) is 0 Å². The van der Waals surface area contributed by atoms with E-state index in [1.54, 1.807) is 0 Å². The molecule has 0 saturated heterocycles. The van der Waals surface area contributed by atoms with E-state index in [1.165, 1.54) is 212 Å². The molecule has 0 bridgehead atoms. The van der Waals surface area contributed by atoms with Crippen molar-refractivity contribution in [2.45, 2.75) is 270 Å². The highest BCUT2D eigenvalue weighted by Gasteiger charge is 2.11. The number of carboxylic acids is 2. The maximum atomic E-state index is 10.5. The second-order valence-corrected chi connectivity index (χ2v) is 16.0. The van der Waals surface area contributed by atoms with E-state index in [1.807, 2.05) is 0 Å². The van der Waals surface area contributed by atoms with Crippen molar-refractivity contribution < 1.29 is 30.0 Å². The Bertz CT molecular complexity index is 822. The summed E-state index contributed by atoms with van der Waals surface area (Å²) in [5, 5.41) is 35.3. The molecule has 0 aliphatic heterocycles. The molecule has 4 N–H and O–H groups in total. The fraction of sp³-hybridized carbons (Fsp3) is 0.875. The number of carbonyl (C=O) groups is 2. The van der Waals surface area contributed by atoms with Crippen molar-refractivity contribution in [1.82, 2.24) is 0 Å². The third-order valence-electron chi connectivity index (χ3n) is 10.6. The van der Waals surface area contributed by atoms with E-state index in [9.17, 15) is 14.7 Å². The summed E-state index contributed by atoms with van der Waals surface area (Å²) in [5.74, 6) is -2.84. The van der Waals surface area contributed by atoms with Crippen LogP contribution in [0.1, 0.15) is 264 Å². The van der Waals surface area contributed by atoms with Gasteiger partial charge in [-0.3, -0.25) is 0 Å². The van der Waals surface area contributed by atoms with Crippen molar-refractivity contribution in [2.75, 3.05) is 0 Å². The Morgan fingerprint density at radius 1 is 0.389 bits per heavy atom. The average molecular weight is 765 g/mol. The van der Waals surface area contributed by atoms with Gasteiger partial charge >= 0.3 is 11.9 Å². The normalized spacial score (nSPS) is 12.2. The minimum absolute atomic E-state index is 0.392. The summed E-state index contributed by atoms with van der Waals surface area (Å²) in [6.07, 6.45) is 54.9. The lowest BCUT2D eigenvalue weighted by Crippen LogP contribution is -2.18. The maximum absolute atomic E-state index is 10.5. The van der Waals surface area contributed by atoms with Crippen LogP contribution >= 0.6 is 0 Å². The van der Waals surface area contributed by atoms with Crippen LogP contribution in [0.4, 0.5) is 0 Å². The first-order chi connectivity index (χ1) is 26.4. The van der Waals surface area contributed by atoms with E-state index in [0.29, 0.717) is 12.8 Å². The Morgan fingerprint density at radius 2 is 0.648 bits per heavy atom. The first kappa shape index (κ1) is 54.3. The highest BCUT2D eigenvalue weighted by Crippen LogP contribution is 2.16. The summed E-state index contributed by atoms with van der Waals surface area (Å²) in [5.41, 5.74) is 0. The summed E-state index contributed by atoms with van der Waals surface area (Å²) in [6.45, 7) is 4.55. The number of aliphatic hydroxyl groups is 2. The molecule has 6 nitrogen and oxygen atoms in total. The lowest BCUT2D eigenvalue weighted by Gasteiger charge is -2.05. The Morgan fingerprint density at radius 3 is 0.926 bits per heavy atom. The topological polar surface area (TPSA) is 115 Å². The van der Waals surface area contributed by atoms with Gasteiger partial charge in [-0.25, -0.2) is 9.59 Å². The second-order valence-electron chi connectivity index (χ2n) is 16.0. The number of carboxylic acid groups (broad SMARTS) is 2. The predicted molar refractivity (Wildman–Crippen MR) is 233 cm³/mol. The van der Waals surface area contributed by atoms with Gasteiger partial charge in [0.15, 0.2) is 11.9 Å². The second kappa shape index (κ2) is 47.3. The van der Waals surface area contributed by atoms with Crippen molar-refractivity contribution in [2.24, 2.45) is 0 Å². The van der Waals surface area contributed by atoms with Crippen LogP contribution in [-0.4, -0.2) is 38.5 Å². The van der Waals surface area contributed by atoms with Crippen molar-refractivity contribution in [3.8, 4) is 0 Å². The molecule has 1 unspecified atom stereocenters. The van der Waals surface area contributed by atoms with Gasteiger partial charge in [-0.15, -0.1) is 0 Å². The van der Waals surface area contributed by atoms with E-state index in [-0.39, 0.29) is 0 Å². The number of aliphatic carboxylic acids is 2. The molecular formula is C48H92O6. The lowest BCUT2D eigenvalue weighted by atomic mass is 10.0. The number of hydrogen-bond donors (Lipinski definition) is 4. The highest BCUT2D eigenvalue weighted by molar-refractivity contribution is 5.83. The first-order valence-electron chi connectivity index (χ1n) is 23.5. The molecule has 6 heteroatoms. The molecule has 320 valence electrons. The van der Waals surface area contributed by atoms with E-state index in [2.05, 4.69) is 26.0 Å². The Labute approximate surface area is 335 Å². The van der Waals surface area contributed by atoms with E-state index in [0.717, 1.165) is 32.1 Å². The summed E-state index contributed by atoms with van der Waals surface area (Å²) in [6, 6.07) is 0. The average Bonchev–Trinajstić information content (AvgIpc) is 3.16. The van der Waals surface area contributed by atoms with Gasteiger partial charge in [0.1, 0.15) is 0 Å². The van der Waals surface area contributed by atoms with E-state index >= 15 is 0 Å². The molecule has 0 fully saturated rings. The van der Waals surface area contributed by atoms with E-state index in [4.69, 9.17) is 15.3 Å². The monoisotopic (exact) mass is 765 g/mol. The van der Waals surface area contributed by atoms with Gasteiger partial charge in [0.2, 0.25) is 0 Å². The van der Waals surface area contributed by atoms with Crippen LogP contribution in [0.2, 0.25) is 0 Å². The molecule has 0 aliphatic rings. The fourth-order valence-electron chi connectivity index (χ4n) is 6.96. The fourth-order valence-corrected chi connectivity index (χ4v) is 6.96. The van der Waals surface area contributed by atoms with Gasteiger partial charge in [0.25, 0.3) is 0 Å². The van der Waals surface area contributed by atoms with Gasteiger partial charge in [0, 0.05) is 0 Å². The van der Waals surface area contributed by atoms with Gasteiger partial charge in [-0.2, -0.15) is 0 Å². The number of allylic oxidation sites excluding steroid dienone is 3. The molecule has 0 saturated carbocycles. The minimum Gasteiger partial charge on any atom is -0.502 e. The standard InChI is InChI=1S/2C24H46O3/c2*1-2-3-4-5-6-7-8-9-10-11-12-13-14-15-16-17-18-19-20-21-22-23(25)24(26)27/h22,25H,2-21H2,1H3,(H,26,27);9-10,23,25H,2-8,11-22H2,1H3,(H,26,27)/b;10-9-. The zero-order valence-electron chi connectivity index (χ0n) is 36.0. The molecule has 0 amide bonds. The van der Waals surface area contributed by atoms with Gasteiger partial charge in [-0.05, 0) is 51.0 Å². The van der Waals surface area contributed by atoms with E-state index < -0.39 is 23.8 Å². The van der Waals surface area contributed by atoms with Crippen molar-refractivity contribution in [1.29, 1.82) is 0 Å². The summed E-state index contributed by atoms with van der Waals surface area (Å²) < 4.78 is 0. The molecule has 0 heterocycles. The molecule has 0 aromatic rings. The van der Waals surface area contributed by atoms with Crippen LogP contribution in [0.3, 0.4) is 0 Å². The minimum atomic E-state index is -1.23. The SMILES string of the molecule is CCCCCCCC/C=C\CCCCCCCCCCCCC(O)C(=O)O.CCCCCCCCCCCCCCCCCCCCCC=C(O)C(=O)O. The van der Waals surface area contributed by atoms with Gasteiger partial charge in [-0.1, -0.05) is 231 Å². The molecule has 0 aromatic carbocycles. The summed E-state index contributed by atoms with van der Waals surface area (Å²) in [7, 11) is 0. The van der Waals surface area contributed by atoms with Gasteiger partial charge in [0.05, 0.1) is 0 Å². The third kappa shape index (κ3) is 48.2. The van der Waals surface area contributed by atoms with Crippen LogP contribution < -0.4 is 0 Å². The van der Waals surface area contributed by atoms with Crippen LogP contribution in [0, 0.1) is 0 Å². The van der Waals surface area contributed by atoms with Crippen molar-refractivity contribution in [3.63, 3.8) is 0 Å². The zero-order chi connectivity index (χ0) is 40.0. The maximum Gasteiger partial charge on any atom is 0.370 e. The van der Waals surface area contributed by atoms with Crippen LogP contribution in [-0.2, 0) is 9.59 Å². The molecule has 54 heavy (non-hydrogen) atoms. The number of aliphatic hydroxyl groups excluding tert-OH is 2. The van der Waals surface area contributed by atoms with Crippen LogP contribution in [0.15, 0.2) is 24.0 Å². The molecule has 0 aromatic heterocycles. The Kier molecular flexibility index (Phi) is 47.6. The Balaban J connectivity index is 0. The third-order valence-corrected chi connectivity index (χ3v) is 10.6. The quantitative estimate of drug-likeness (QED) is 0.0213. The van der Waals surface area contributed by atoms with Crippen molar-refractivity contribution in [3.05, 3.63) is 24.0 Å². The lowest BCUT2D eigenvalue weighted by molar-refractivity contribution is -0.147. The largest absolute Gasteiger partial charge is 0.502 e. The molecule has 1 atom stereocenters. The zero-order valence-corrected chi connectivity index (χ0v) is 36.0.